The van der Waals surface area contributed by atoms with Gasteiger partial charge in [-0.25, -0.2) is 0 Å². The zero-order chi connectivity index (χ0) is 14.0. The molecule has 0 bridgehead atoms. The van der Waals surface area contributed by atoms with Gasteiger partial charge < -0.3 is 4.90 Å². The van der Waals surface area contributed by atoms with Crippen molar-refractivity contribution in [1.82, 2.24) is 25.5 Å². The van der Waals surface area contributed by atoms with Crippen molar-refractivity contribution < 1.29 is 4.79 Å². The number of carbonyl (C=O) groups is 1. The van der Waals surface area contributed by atoms with Crippen molar-refractivity contribution >= 4 is 29.1 Å². The Hall–Kier alpha value is -1.66. The van der Waals surface area contributed by atoms with Gasteiger partial charge in [-0.05, 0) is 29.8 Å². The van der Waals surface area contributed by atoms with E-state index in [1.807, 2.05) is 6.92 Å². The fourth-order valence-corrected chi connectivity index (χ4v) is 2.20. The molecule has 1 unspecified atom stereocenters. The van der Waals surface area contributed by atoms with E-state index in [1.54, 1.807) is 25.2 Å². The summed E-state index contributed by atoms with van der Waals surface area (Å²) in [6, 6.07) is 4.92. The maximum atomic E-state index is 12.1. The third kappa shape index (κ3) is 2.85. The average Bonchev–Trinajstić information content (AvgIpc) is 2.90. The largest absolute Gasteiger partial charge is 0.332 e. The normalized spacial score (nSPS) is 12.2. The lowest BCUT2D eigenvalue weighted by molar-refractivity contribution is 0.0730. The van der Waals surface area contributed by atoms with E-state index in [4.69, 9.17) is 23.2 Å². The highest BCUT2D eigenvalue weighted by Gasteiger charge is 2.23. The Morgan fingerprint density at radius 1 is 1.42 bits per heavy atom. The van der Waals surface area contributed by atoms with E-state index in [-0.39, 0.29) is 17.8 Å². The monoisotopic (exact) mass is 299 g/mol. The van der Waals surface area contributed by atoms with Crippen LogP contribution in [0.2, 0.25) is 10.0 Å². The van der Waals surface area contributed by atoms with Crippen molar-refractivity contribution in [3.05, 3.63) is 39.6 Å². The quantitative estimate of drug-likeness (QED) is 0.944. The lowest BCUT2D eigenvalue weighted by Crippen LogP contribution is -2.30. The van der Waals surface area contributed by atoms with Gasteiger partial charge in [0.1, 0.15) is 0 Å². The van der Waals surface area contributed by atoms with Crippen LogP contribution in [0.3, 0.4) is 0 Å². The molecule has 0 aliphatic heterocycles. The molecule has 0 fully saturated rings. The first kappa shape index (κ1) is 13.8. The average molecular weight is 300 g/mol. The summed E-state index contributed by atoms with van der Waals surface area (Å²) in [5.74, 6) is -0.327. The second-order valence-electron chi connectivity index (χ2n) is 3.99. The van der Waals surface area contributed by atoms with Crippen molar-refractivity contribution in [2.24, 2.45) is 0 Å². The number of benzene rings is 1. The first-order chi connectivity index (χ1) is 9.00. The molecule has 8 heteroatoms. The molecule has 1 heterocycles. The molecule has 0 aliphatic carbocycles. The fraction of sp³-hybridized carbons (Fsp3) is 0.273. The number of aromatic nitrogens is 4. The second kappa shape index (κ2) is 5.54. The van der Waals surface area contributed by atoms with E-state index in [9.17, 15) is 4.79 Å². The van der Waals surface area contributed by atoms with Gasteiger partial charge in [0.25, 0.3) is 11.7 Å². The Morgan fingerprint density at radius 3 is 2.74 bits per heavy atom. The molecule has 0 spiro atoms. The summed E-state index contributed by atoms with van der Waals surface area (Å²) >= 11 is 12.0. The van der Waals surface area contributed by atoms with Crippen molar-refractivity contribution in [1.29, 1.82) is 0 Å². The van der Waals surface area contributed by atoms with Crippen molar-refractivity contribution in [2.75, 3.05) is 7.05 Å². The van der Waals surface area contributed by atoms with Crippen LogP contribution in [0.4, 0.5) is 0 Å². The zero-order valence-electron chi connectivity index (χ0n) is 10.3. The van der Waals surface area contributed by atoms with Crippen LogP contribution in [0.1, 0.15) is 29.1 Å². The van der Waals surface area contributed by atoms with Crippen LogP contribution in [0, 0.1) is 0 Å². The molecule has 1 amide bonds. The Kier molecular flexibility index (Phi) is 4.01. The highest BCUT2D eigenvalue weighted by atomic mass is 35.5. The molecule has 2 rings (SSSR count). The van der Waals surface area contributed by atoms with Crippen molar-refractivity contribution in [2.45, 2.75) is 13.0 Å². The Bertz CT molecular complexity index is 587. The number of tetrazole rings is 1. The fourth-order valence-electron chi connectivity index (χ4n) is 1.63. The minimum absolute atomic E-state index is 0.0134. The van der Waals surface area contributed by atoms with Gasteiger partial charge in [-0.2, -0.15) is 5.21 Å². The number of aromatic amines is 1. The SMILES string of the molecule is CC(c1ccc(Cl)cc1Cl)N(C)C(=O)c1nn[nH]n1. The number of nitrogens with one attached hydrogen (secondary N) is 1. The summed E-state index contributed by atoms with van der Waals surface area (Å²) in [6.45, 7) is 1.85. The number of carbonyl (C=O) groups excluding carboxylic acids is 1. The van der Waals surface area contributed by atoms with Crippen LogP contribution in [0.25, 0.3) is 0 Å². The summed E-state index contributed by atoms with van der Waals surface area (Å²) in [4.78, 5) is 13.6. The van der Waals surface area contributed by atoms with Gasteiger partial charge in [0.15, 0.2) is 0 Å². The highest BCUT2D eigenvalue weighted by Crippen LogP contribution is 2.29. The topological polar surface area (TPSA) is 74.8 Å². The van der Waals surface area contributed by atoms with E-state index in [0.717, 1.165) is 5.56 Å². The number of hydrogen-bond acceptors (Lipinski definition) is 4. The molecule has 19 heavy (non-hydrogen) atoms. The minimum atomic E-state index is -0.340. The van der Waals surface area contributed by atoms with Crippen LogP contribution < -0.4 is 0 Å². The molecule has 1 N–H and O–H groups in total. The standard InChI is InChI=1S/C11H11Cl2N5O/c1-6(8-4-3-7(12)5-9(8)13)18(2)11(19)10-14-16-17-15-10/h3-6H,1-2H3,(H,14,15,16,17). The maximum absolute atomic E-state index is 12.1. The smallest absolute Gasteiger partial charge is 0.295 e. The Labute approximate surface area is 119 Å². The van der Waals surface area contributed by atoms with Gasteiger partial charge in [-0.1, -0.05) is 29.3 Å². The van der Waals surface area contributed by atoms with Crippen molar-refractivity contribution in [3.63, 3.8) is 0 Å². The molecular formula is C11H11Cl2N5O. The highest BCUT2D eigenvalue weighted by molar-refractivity contribution is 6.35. The zero-order valence-corrected chi connectivity index (χ0v) is 11.8. The van der Waals surface area contributed by atoms with Crippen LogP contribution in [0.15, 0.2) is 18.2 Å². The molecule has 1 atom stereocenters. The second-order valence-corrected chi connectivity index (χ2v) is 4.84. The van der Waals surface area contributed by atoms with Gasteiger partial charge in [0, 0.05) is 17.1 Å². The van der Waals surface area contributed by atoms with Crippen LogP contribution in [-0.4, -0.2) is 38.5 Å². The minimum Gasteiger partial charge on any atom is -0.332 e. The molecule has 6 nitrogen and oxygen atoms in total. The Balaban J connectivity index is 2.23. The summed E-state index contributed by atoms with van der Waals surface area (Å²) in [7, 11) is 1.65. The molecule has 0 saturated carbocycles. The lowest BCUT2D eigenvalue weighted by Gasteiger charge is -2.24. The van der Waals surface area contributed by atoms with Gasteiger partial charge in [0.2, 0.25) is 0 Å². The third-order valence-electron chi connectivity index (χ3n) is 2.85. The van der Waals surface area contributed by atoms with E-state index >= 15 is 0 Å². The molecule has 1 aromatic heterocycles. The van der Waals surface area contributed by atoms with Gasteiger partial charge in [-0.3, -0.25) is 4.79 Å². The number of nitrogens with zero attached hydrogens (tertiary/aromatic N) is 4. The van der Waals surface area contributed by atoms with E-state index in [1.165, 1.54) is 4.90 Å². The predicted octanol–water partition coefficient (Wildman–Crippen LogP) is 2.34. The maximum Gasteiger partial charge on any atom is 0.295 e. The van der Waals surface area contributed by atoms with E-state index in [2.05, 4.69) is 20.6 Å². The molecule has 1 aromatic carbocycles. The van der Waals surface area contributed by atoms with Crippen molar-refractivity contribution in [3.8, 4) is 0 Å². The van der Waals surface area contributed by atoms with E-state index < -0.39 is 0 Å². The van der Waals surface area contributed by atoms with Gasteiger partial charge >= 0.3 is 0 Å². The molecule has 100 valence electrons. The molecule has 0 aliphatic rings. The molecule has 0 saturated heterocycles. The number of H-pyrrole nitrogens is 1. The van der Waals surface area contributed by atoms with Gasteiger partial charge in [-0.15, -0.1) is 10.2 Å². The van der Waals surface area contributed by atoms with Crippen LogP contribution >= 0.6 is 23.2 Å². The molecular weight excluding hydrogens is 289 g/mol. The summed E-state index contributed by atoms with van der Waals surface area (Å²) in [5, 5.41) is 14.0. The Morgan fingerprint density at radius 2 is 2.16 bits per heavy atom. The summed E-state index contributed by atoms with van der Waals surface area (Å²) < 4.78 is 0. The van der Waals surface area contributed by atoms with E-state index in [0.29, 0.717) is 10.0 Å². The molecule has 0 radical (unpaired) electrons. The predicted molar refractivity (Wildman–Crippen MR) is 71.1 cm³/mol. The first-order valence-electron chi connectivity index (χ1n) is 5.46. The molecule has 2 aromatic rings. The number of rotatable bonds is 3. The summed E-state index contributed by atoms with van der Waals surface area (Å²) in [5.41, 5.74) is 0.797. The number of amides is 1. The lowest BCUT2D eigenvalue weighted by atomic mass is 10.1. The third-order valence-corrected chi connectivity index (χ3v) is 3.41. The first-order valence-corrected chi connectivity index (χ1v) is 6.22. The summed E-state index contributed by atoms with van der Waals surface area (Å²) in [6.07, 6.45) is 0. The number of halogens is 2. The number of hydrogen-bond donors (Lipinski definition) is 1. The van der Waals surface area contributed by atoms with Crippen LogP contribution in [0.5, 0.6) is 0 Å². The van der Waals surface area contributed by atoms with Gasteiger partial charge in [0.05, 0.1) is 6.04 Å². The van der Waals surface area contributed by atoms with Crippen LogP contribution in [-0.2, 0) is 0 Å².